The summed E-state index contributed by atoms with van der Waals surface area (Å²) in [6, 6.07) is -0.201. The van der Waals surface area contributed by atoms with E-state index in [1.807, 2.05) is 0 Å². The van der Waals surface area contributed by atoms with Crippen molar-refractivity contribution in [2.75, 3.05) is 18.8 Å². The zero-order valence-electron chi connectivity index (χ0n) is 11.1. The first-order chi connectivity index (χ1) is 9.35. The second-order valence-electron chi connectivity index (χ2n) is 4.62. The van der Waals surface area contributed by atoms with Gasteiger partial charge in [-0.15, -0.1) is 0 Å². The van der Waals surface area contributed by atoms with E-state index in [2.05, 4.69) is 14.7 Å². The lowest BCUT2D eigenvalue weighted by atomic mass is 10.1. The van der Waals surface area contributed by atoms with Gasteiger partial charge in [-0.1, -0.05) is 0 Å². The van der Waals surface area contributed by atoms with Crippen LogP contribution in [0.15, 0.2) is 17.6 Å². The van der Waals surface area contributed by atoms with Crippen molar-refractivity contribution in [1.82, 2.24) is 19.0 Å². The summed E-state index contributed by atoms with van der Waals surface area (Å²) in [5.41, 5.74) is 0. The maximum Gasteiger partial charge on any atom is 0.260 e. The Morgan fingerprint density at radius 3 is 2.50 bits per heavy atom. The molecule has 1 saturated heterocycles. The molecule has 0 bridgehead atoms. The van der Waals surface area contributed by atoms with Crippen LogP contribution in [-0.2, 0) is 20.0 Å². The van der Waals surface area contributed by atoms with Crippen LogP contribution in [0.5, 0.6) is 0 Å². The summed E-state index contributed by atoms with van der Waals surface area (Å²) in [4.78, 5) is 6.29. The van der Waals surface area contributed by atoms with Gasteiger partial charge >= 0.3 is 0 Å². The lowest BCUT2D eigenvalue weighted by Crippen LogP contribution is -2.46. The summed E-state index contributed by atoms with van der Waals surface area (Å²) < 4.78 is 51.3. The van der Waals surface area contributed by atoms with Crippen LogP contribution in [0.3, 0.4) is 0 Å². The van der Waals surface area contributed by atoms with E-state index >= 15 is 0 Å². The van der Waals surface area contributed by atoms with Gasteiger partial charge in [-0.25, -0.2) is 26.5 Å². The topological polar surface area (TPSA) is 112 Å². The van der Waals surface area contributed by atoms with Gasteiger partial charge in [0.05, 0.1) is 18.3 Å². The lowest BCUT2D eigenvalue weighted by molar-refractivity contribution is 0.308. The SMILES string of the molecule is CCS(=O)(=O)NC1CCN(S(=O)(=O)c2cnc[nH]2)CC1. The molecule has 1 aliphatic heterocycles. The van der Waals surface area contributed by atoms with Crippen molar-refractivity contribution in [3.05, 3.63) is 12.5 Å². The van der Waals surface area contributed by atoms with Crippen molar-refractivity contribution < 1.29 is 16.8 Å². The molecule has 1 aliphatic rings. The van der Waals surface area contributed by atoms with Crippen LogP contribution in [-0.4, -0.2) is 56.0 Å². The van der Waals surface area contributed by atoms with Crippen molar-refractivity contribution in [2.24, 2.45) is 0 Å². The number of rotatable bonds is 5. The Labute approximate surface area is 118 Å². The van der Waals surface area contributed by atoms with Gasteiger partial charge in [0.15, 0.2) is 5.03 Å². The zero-order chi connectivity index (χ0) is 14.8. The Bertz CT molecular complexity index is 631. The number of sulfonamides is 2. The minimum absolute atomic E-state index is 0.0274. The third kappa shape index (κ3) is 3.37. The molecule has 0 amide bonds. The molecule has 2 heterocycles. The van der Waals surface area contributed by atoms with Gasteiger partial charge < -0.3 is 4.98 Å². The van der Waals surface area contributed by atoms with Gasteiger partial charge in [0.2, 0.25) is 10.0 Å². The third-order valence-corrected chi connectivity index (χ3v) is 6.55. The number of H-pyrrole nitrogens is 1. The second kappa shape index (κ2) is 5.80. The molecular weight excluding hydrogens is 304 g/mol. The number of aromatic amines is 1. The van der Waals surface area contributed by atoms with Gasteiger partial charge in [-0.2, -0.15) is 4.31 Å². The largest absolute Gasteiger partial charge is 0.335 e. The molecule has 1 aromatic heterocycles. The quantitative estimate of drug-likeness (QED) is 0.759. The van der Waals surface area contributed by atoms with Crippen LogP contribution < -0.4 is 4.72 Å². The Hall–Kier alpha value is -0.970. The smallest absolute Gasteiger partial charge is 0.260 e. The Morgan fingerprint density at radius 1 is 1.35 bits per heavy atom. The van der Waals surface area contributed by atoms with Gasteiger partial charge in [0, 0.05) is 19.1 Å². The van der Waals surface area contributed by atoms with E-state index in [4.69, 9.17) is 0 Å². The molecule has 0 atom stereocenters. The molecule has 2 rings (SSSR count). The average Bonchev–Trinajstić information content (AvgIpc) is 2.93. The molecule has 0 aromatic carbocycles. The zero-order valence-corrected chi connectivity index (χ0v) is 12.7. The third-order valence-electron chi connectivity index (χ3n) is 3.27. The highest BCUT2D eigenvalue weighted by atomic mass is 32.2. The normalized spacial score (nSPS) is 19.2. The first kappa shape index (κ1) is 15.4. The van der Waals surface area contributed by atoms with Crippen LogP contribution >= 0.6 is 0 Å². The van der Waals surface area contributed by atoms with E-state index in [0.29, 0.717) is 12.8 Å². The van der Waals surface area contributed by atoms with E-state index in [1.54, 1.807) is 6.92 Å². The number of hydrogen-bond acceptors (Lipinski definition) is 5. The van der Waals surface area contributed by atoms with E-state index in [9.17, 15) is 16.8 Å². The molecule has 10 heteroatoms. The van der Waals surface area contributed by atoms with Crippen LogP contribution in [0, 0.1) is 0 Å². The second-order valence-corrected chi connectivity index (χ2v) is 8.56. The highest BCUT2D eigenvalue weighted by Gasteiger charge is 2.31. The van der Waals surface area contributed by atoms with Crippen LogP contribution in [0.2, 0.25) is 0 Å². The van der Waals surface area contributed by atoms with Crippen molar-refractivity contribution in [3.8, 4) is 0 Å². The number of imidazole rings is 1. The number of piperidine rings is 1. The van der Waals surface area contributed by atoms with E-state index in [-0.39, 0.29) is 29.9 Å². The summed E-state index contributed by atoms with van der Waals surface area (Å²) in [7, 11) is -6.80. The van der Waals surface area contributed by atoms with Crippen LogP contribution in [0.4, 0.5) is 0 Å². The van der Waals surface area contributed by atoms with Gasteiger partial charge in [-0.3, -0.25) is 0 Å². The summed E-state index contributed by atoms with van der Waals surface area (Å²) in [5.74, 6) is 0.0274. The minimum Gasteiger partial charge on any atom is -0.335 e. The van der Waals surface area contributed by atoms with Gasteiger partial charge in [0.1, 0.15) is 0 Å². The molecule has 114 valence electrons. The number of aromatic nitrogens is 2. The monoisotopic (exact) mass is 322 g/mol. The van der Waals surface area contributed by atoms with Gasteiger partial charge in [0.25, 0.3) is 10.0 Å². The van der Waals surface area contributed by atoms with Crippen molar-refractivity contribution in [1.29, 1.82) is 0 Å². The molecular formula is C10H18N4O4S2. The van der Waals surface area contributed by atoms with Crippen molar-refractivity contribution in [3.63, 3.8) is 0 Å². The Balaban J connectivity index is 1.98. The van der Waals surface area contributed by atoms with E-state index < -0.39 is 20.0 Å². The molecule has 0 aliphatic carbocycles. The number of nitrogens with one attached hydrogen (secondary N) is 2. The van der Waals surface area contributed by atoms with Gasteiger partial charge in [-0.05, 0) is 19.8 Å². The van der Waals surface area contributed by atoms with E-state index in [0.717, 1.165) is 0 Å². The molecule has 1 fully saturated rings. The first-order valence-electron chi connectivity index (χ1n) is 6.33. The Morgan fingerprint density at radius 2 is 2.00 bits per heavy atom. The summed E-state index contributed by atoms with van der Waals surface area (Å²) in [6.07, 6.45) is 3.51. The molecule has 0 saturated carbocycles. The Kier molecular flexibility index (Phi) is 4.47. The first-order valence-corrected chi connectivity index (χ1v) is 9.43. The van der Waals surface area contributed by atoms with Crippen LogP contribution in [0.25, 0.3) is 0 Å². The predicted octanol–water partition coefficient (Wildman–Crippen LogP) is -0.498. The predicted molar refractivity (Wildman–Crippen MR) is 73.0 cm³/mol. The number of nitrogens with zero attached hydrogens (tertiary/aromatic N) is 2. The lowest BCUT2D eigenvalue weighted by Gasteiger charge is -2.30. The molecule has 0 radical (unpaired) electrons. The summed E-state index contributed by atoms with van der Waals surface area (Å²) in [5, 5.41) is 0.0603. The fraction of sp³-hybridized carbons (Fsp3) is 0.700. The molecule has 0 unspecified atom stereocenters. The standard InChI is InChI=1S/C10H18N4O4S2/c1-2-19(15,16)13-9-3-5-14(6-4-9)20(17,18)10-7-11-8-12-10/h7-9,13H,2-6H2,1H3,(H,11,12). The average molecular weight is 322 g/mol. The highest BCUT2D eigenvalue weighted by molar-refractivity contribution is 7.89. The molecule has 8 nitrogen and oxygen atoms in total. The molecule has 1 aromatic rings. The molecule has 2 N–H and O–H groups in total. The summed E-state index contributed by atoms with van der Waals surface area (Å²) in [6.45, 7) is 2.15. The molecule has 20 heavy (non-hydrogen) atoms. The fourth-order valence-electron chi connectivity index (χ4n) is 2.07. The minimum atomic E-state index is -3.55. The highest BCUT2D eigenvalue weighted by Crippen LogP contribution is 2.19. The fourth-order valence-corrected chi connectivity index (χ4v) is 4.35. The van der Waals surface area contributed by atoms with E-state index in [1.165, 1.54) is 16.8 Å². The maximum absolute atomic E-state index is 12.2. The van der Waals surface area contributed by atoms with Crippen molar-refractivity contribution in [2.45, 2.75) is 30.8 Å². The maximum atomic E-state index is 12.2. The van der Waals surface area contributed by atoms with Crippen molar-refractivity contribution >= 4 is 20.0 Å². The number of hydrogen-bond donors (Lipinski definition) is 2. The molecule has 0 spiro atoms. The summed E-state index contributed by atoms with van der Waals surface area (Å²) >= 11 is 0. The van der Waals surface area contributed by atoms with Crippen LogP contribution in [0.1, 0.15) is 19.8 Å².